The number of esters is 3. The van der Waals surface area contributed by atoms with E-state index in [9.17, 15) is 34.2 Å². The number of aliphatic carboxylic acids is 1. The van der Waals surface area contributed by atoms with Crippen molar-refractivity contribution in [3.8, 4) is 0 Å². The lowest BCUT2D eigenvalue weighted by Crippen LogP contribution is -2.35. The highest BCUT2D eigenvalue weighted by molar-refractivity contribution is 6.27. The maximum atomic E-state index is 14.5. The number of aliphatic hydroxyl groups is 1. The molecular formula is C46H60N6O10. The lowest BCUT2D eigenvalue weighted by Gasteiger charge is -2.22. The van der Waals surface area contributed by atoms with E-state index in [1.165, 1.54) is 21.0 Å². The Bertz CT molecular complexity index is 2390. The number of nitrogens with one attached hydrogen (secondary N) is 3. The Labute approximate surface area is 361 Å². The molecule has 0 aromatic carbocycles. The molecule has 0 spiro atoms. The molecule has 16 nitrogen and oxygen atoms in total. The molecule has 334 valence electrons. The minimum Gasteiger partial charge on any atom is -0.481 e. The molecule has 2 aliphatic heterocycles. The number of methoxy groups -OCH3 is 1. The van der Waals surface area contributed by atoms with Crippen LogP contribution >= 0.6 is 0 Å². The van der Waals surface area contributed by atoms with Gasteiger partial charge in [-0.05, 0) is 87.4 Å². The molecule has 16 heteroatoms. The molecule has 0 saturated carbocycles. The molecule has 3 unspecified atom stereocenters. The number of fused-ring (bicyclic) bond motifs is 8. The van der Waals surface area contributed by atoms with Crippen molar-refractivity contribution in [3.05, 3.63) is 68.8 Å². The van der Waals surface area contributed by atoms with Gasteiger partial charge >= 0.3 is 23.9 Å². The van der Waals surface area contributed by atoms with E-state index >= 15 is 0 Å². The number of aliphatic hydroxyl groups excluding tert-OH is 1. The number of aromatic amines is 2. The summed E-state index contributed by atoms with van der Waals surface area (Å²) in [4.78, 5) is 82.0. The lowest BCUT2D eigenvalue weighted by atomic mass is 9.84. The van der Waals surface area contributed by atoms with Gasteiger partial charge in [0.2, 0.25) is 0 Å². The van der Waals surface area contributed by atoms with E-state index in [1.54, 1.807) is 6.92 Å². The second-order valence-corrected chi connectivity index (χ2v) is 16.0. The van der Waals surface area contributed by atoms with Gasteiger partial charge in [0.15, 0.2) is 0 Å². The van der Waals surface area contributed by atoms with Gasteiger partial charge in [0, 0.05) is 97.2 Å². The van der Waals surface area contributed by atoms with Gasteiger partial charge in [0.1, 0.15) is 13.2 Å². The van der Waals surface area contributed by atoms with Crippen LogP contribution in [0.25, 0.3) is 33.2 Å². The van der Waals surface area contributed by atoms with Crippen LogP contribution in [0.15, 0.2) is 18.2 Å². The van der Waals surface area contributed by atoms with E-state index in [4.69, 9.17) is 24.2 Å². The molecule has 3 aromatic heterocycles. The number of allylic oxidation sites excluding steroid dienone is 1. The molecule has 0 radical (unpaired) electrons. The molecule has 5 rings (SSSR count). The van der Waals surface area contributed by atoms with E-state index in [2.05, 4.69) is 22.2 Å². The Morgan fingerprint density at radius 2 is 1.53 bits per heavy atom. The monoisotopic (exact) mass is 856 g/mol. The maximum absolute atomic E-state index is 14.5. The van der Waals surface area contributed by atoms with Crippen molar-refractivity contribution in [2.24, 2.45) is 0 Å². The summed E-state index contributed by atoms with van der Waals surface area (Å²) in [6, 6.07) is 5.80. The summed E-state index contributed by atoms with van der Waals surface area (Å²) >= 11 is 0. The number of nitrogens with zero attached hydrogens (tertiary/aromatic N) is 3. The molecule has 1 amide bonds. The van der Waals surface area contributed by atoms with Crippen LogP contribution in [0, 0.1) is 13.8 Å². The highest BCUT2D eigenvalue weighted by Gasteiger charge is 2.36. The molecule has 0 aliphatic carbocycles. The summed E-state index contributed by atoms with van der Waals surface area (Å²) in [5.41, 5.74) is 9.73. The van der Waals surface area contributed by atoms with Gasteiger partial charge in [-0.15, -0.1) is 0 Å². The first-order valence-corrected chi connectivity index (χ1v) is 21.2. The van der Waals surface area contributed by atoms with Crippen LogP contribution in [-0.2, 0) is 51.0 Å². The number of aromatic nitrogens is 4. The van der Waals surface area contributed by atoms with E-state index < -0.39 is 41.8 Å². The zero-order valence-corrected chi connectivity index (χ0v) is 37.2. The largest absolute Gasteiger partial charge is 0.481 e. The number of aryl methyl sites for hydroxylation is 3. The third kappa shape index (κ3) is 10.9. The zero-order valence-electron chi connectivity index (χ0n) is 37.2. The average Bonchev–Trinajstić information content (AvgIpc) is 3.89. The van der Waals surface area contributed by atoms with E-state index in [0.29, 0.717) is 60.7 Å². The first-order chi connectivity index (χ1) is 29.4. The molecule has 2 aliphatic rings. The summed E-state index contributed by atoms with van der Waals surface area (Å²) in [6.07, 6.45) is 0.151. The highest BCUT2D eigenvalue weighted by Crippen LogP contribution is 2.44. The van der Waals surface area contributed by atoms with Gasteiger partial charge in [-0.3, -0.25) is 33.9 Å². The Hall–Kier alpha value is -5.87. The first-order valence-electron chi connectivity index (χ1n) is 21.2. The number of hydrogen-bond donors (Lipinski definition) is 5. The van der Waals surface area contributed by atoms with E-state index in [0.717, 1.165) is 44.3 Å². The molecule has 0 saturated heterocycles. The maximum Gasteiger partial charge on any atom is 0.310 e. The molecule has 3 atom stereocenters. The van der Waals surface area contributed by atoms with Crippen molar-refractivity contribution in [1.82, 2.24) is 30.2 Å². The summed E-state index contributed by atoms with van der Waals surface area (Å²) in [5.74, 6) is -3.56. The number of rotatable bonds is 18. The van der Waals surface area contributed by atoms with Gasteiger partial charge in [-0.25, -0.2) is 4.98 Å². The van der Waals surface area contributed by atoms with Crippen molar-refractivity contribution in [1.29, 1.82) is 0 Å². The molecular weight excluding hydrogens is 797 g/mol. The first kappa shape index (κ1) is 47.2. The quantitative estimate of drug-likeness (QED) is 0.0573. The molecule has 0 fully saturated rings. The SMILES string of the molecule is CCc1c(C)c2cc3[nH]c(cc4nc(c(CC(=O)OC)c5nc(cc1[nH]2)C(C)=C5C(=O)NCCCN(CCOC(C)=O)CCOC(C)=O)C(CCC(=O)O)C4C)c(C)c3C(C)O. The van der Waals surface area contributed by atoms with Crippen molar-refractivity contribution in [2.75, 3.05) is 46.5 Å². The second kappa shape index (κ2) is 20.8. The number of H-pyrrole nitrogens is 2. The number of hydrogen-bond acceptors (Lipinski definition) is 12. The predicted molar refractivity (Wildman–Crippen MR) is 234 cm³/mol. The highest BCUT2D eigenvalue weighted by atomic mass is 16.5. The third-order valence-electron chi connectivity index (χ3n) is 11.8. The zero-order chi connectivity index (χ0) is 45.4. The Morgan fingerprint density at radius 3 is 2.13 bits per heavy atom. The molecule has 8 bridgehead atoms. The van der Waals surface area contributed by atoms with Crippen molar-refractivity contribution >= 4 is 63.0 Å². The van der Waals surface area contributed by atoms with Crippen molar-refractivity contribution < 1.29 is 48.4 Å². The fourth-order valence-electron chi connectivity index (χ4n) is 8.45. The van der Waals surface area contributed by atoms with Gasteiger partial charge in [0.05, 0.1) is 42.3 Å². The predicted octanol–water partition coefficient (Wildman–Crippen LogP) is 5.88. The molecule has 62 heavy (non-hydrogen) atoms. The van der Waals surface area contributed by atoms with Gasteiger partial charge in [-0.2, -0.15) is 0 Å². The van der Waals surface area contributed by atoms with Crippen LogP contribution in [0.4, 0.5) is 0 Å². The van der Waals surface area contributed by atoms with Crippen LogP contribution < -0.4 is 5.32 Å². The standard InChI is InChI=1S/C46H60N6O10/c1-10-31-24(2)34-23-39-42(28(6)53)26(4)36(49-39)21-35-25(3)32(12-13-40(56)57)44(50-35)33(20-41(58)60-9)45-43(27(5)37(51-45)22-38(31)48-34)46(59)47-14-11-15-52(16-18-61-29(7)54)17-19-62-30(8)55/h21-23,25,28,32,48-49,53H,10-20H2,1-9H3,(H,47,59)(H,56,57). The van der Waals surface area contributed by atoms with Crippen LogP contribution in [0.5, 0.6) is 0 Å². The number of ether oxygens (including phenoxy) is 3. The smallest absolute Gasteiger partial charge is 0.310 e. The number of amides is 1. The number of carbonyl (C=O) groups is 5. The van der Waals surface area contributed by atoms with Crippen LogP contribution in [-0.4, -0.2) is 111 Å². The van der Waals surface area contributed by atoms with Gasteiger partial charge in [0.25, 0.3) is 5.91 Å². The van der Waals surface area contributed by atoms with Crippen molar-refractivity contribution in [3.63, 3.8) is 0 Å². The summed E-state index contributed by atoms with van der Waals surface area (Å²) in [6.45, 7) is 16.0. The summed E-state index contributed by atoms with van der Waals surface area (Å²) < 4.78 is 15.5. The summed E-state index contributed by atoms with van der Waals surface area (Å²) in [7, 11) is 1.28. The third-order valence-corrected chi connectivity index (χ3v) is 11.8. The fourth-order valence-corrected chi connectivity index (χ4v) is 8.45. The summed E-state index contributed by atoms with van der Waals surface area (Å²) in [5, 5.41) is 23.9. The number of carboxylic acids is 1. The molecule has 5 N–H and O–H groups in total. The lowest BCUT2D eigenvalue weighted by molar-refractivity contribution is -0.142. The molecule has 3 aromatic rings. The number of carbonyl (C=O) groups excluding carboxylic acids is 4. The average molecular weight is 857 g/mol. The topological polar surface area (TPSA) is 226 Å². The minimum absolute atomic E-state index is 0.155. The Kier molecular flexibility index (Phi) is 15.8. The number of carboxylic acid groups (broad SMARTS) is 1. The minimum atomic E-state index is -0.980. The Balaban J connectivity index is 1.72. The van der Waals surface area contributed by atoms with Crippen LogP contribution in [0.3, 0.4) is 0 Å². The van der Waals surface area contributed by atoms with E-state index in [1.807, 2.05) is 50.8 Å². The van der Waals surface area contributed by atoms with Crippen LogP contribution in [0.1, 0.15) is 129 Å². The normalized spacial score (nSPS) is 15.4. The van der Waals surface area contributed by atoms with Crippen LogP contribution in [0.2, 0.25) is 0 Å². The molecule has 5 heterocycles. The second-order valence-electron chi connectivity index (χ2n) is 16.0. The van der Waals surface area contributed by atoms with Gasteiger partial charge < -0.3 is 39.7 Å². The van der Waals surface area contributed by atoms with Crippen molar-refractivity contribution in [2.45, 2.75) is 105 Å². The Morgan fingerprint density at radius 1 is 0.887 bits per heavy atom. The fraction of sp³-hybridized carbons (Fsp3) is 0.500. The van der Waals surface area contributed by atoms with E-state index in [-0.39, 0.29) is 56.2 Å². The van der Waals surface area contributed by atoms with Gasteiger partial charge in [-0.1, -0.05) is 13.8 Å².